The van der Waals surface area contributed by atoms with Gasteiger partial charge < -0.3 is 11.1 Å². The molecule has 1 heterocycles. The monoisotopic (exact) mass is 373 g/mol. The normalized spacial score (nSPS) is 27.0. The van der Waals surface area contributed by atoms with Gasteiger partial charge in [0.25, 0.3) is 0 Å². The zero-order chi connectivity index (χ0) is 19.2. The van der Waals surface area contributed by atoms with E-state index in [0.29, 0.717) is 25.7 Å². The average Bonchev–Trinajstić information content (AvgIpc) is 2.89. The molecule has 1 fully saturated rings. The molecule has 0 aromatic rings. The Hall–Kier alpha value is -2.10. The van der Waals surface area contributed by atoms with E-state index in [9.17, 15) is 23.7 Å². The molecule has 1 unspecified atom stereocenters. The molecule has 0 saturated heterocycles. The highest BCUT2D eigenvalue weighted by Crippen LogP contribution is 2.36. The molecule has 4 N–H and O–H groups in total. The molecule has 0 radical (unpaired) electrons. The number of primary amides is 1. The predicted molar refractivity (Wildman–Crippen MR) is 92.1 cm³/mol. The molecule has 0 bridgehead atoms. The smallest absolute Gasteiger partial charge is 0.302 e. The summed E-state index contributed by atoms with van der Waals surface area (Å²) in [6.45, 7) is 0. The van der Waals surface area contributed by atoms with E-state index in [1.807, 2.05) is 0 Å². The number of hydrogen-bond acceptors (Lipinski definition) is 6. The minimum Gasteiger partial charge on any atom is -0.370 e. The van der Waals surface area contributed by atoms with Crippen LogP contribution in [0.3, 0.4) is 0 Å². The number of amides is 1. The molecular weight excluding hydrogens is 348 g/mol. The van der Waals surface area contributed by atoms with Gasteiger partial charge in [-0.25, -0.2) is 13.8 Å². The van der Waals surface area contributed by atoms with Gasteiger partial charge in [-0.2, -0.15) is 0 Å². The number of nitro groups is 1. The predicted octanol–water partition coefficient (Wildman–Crippen LogP) is 2.04. The first kappa shape index (κ1) is 20.2. The van der Waals surface area contributed by atoms with Crippen LogP contribution in [0.5, 0.6) is 0 Å². The van der Waals surface area contributed by atoms with Crippen molar-refractivity contribution in [3.63, 3.8) is 0 Å². The third-order valence-corrected chi connectivity index (χ3v) is 4.65. The van der Waals surface area contributed by atoms with E-state index in [4.69, 9.17) is 5.73 Å². The zero-order valence-corrected chi connectivity index (χ0v) is 14.5. The van der Waals surface area contributed by atoms with E-state index in [1.165, 1.54) is 6.20 Å². The number of aliphatic imine (C=N–C) groups is 1. The van der Waals surface area contributed by atoms with Crippen LogP contribution in [0.15, 0.2) is 16.9 Å². The van der Waals surface area contributed by atoms with Crippen LogP contribution in [0, 0.1) is 10.1 Å². The molecule has 1 saturated carbocycles. The topological polar surface area (TPSA) is 123 Å². The van der Waals surface area contributed by atoms with E-state index in [2.05, 4.69) is 15.6 Å². The molecule has 2 atom stereocenters. The Morgan fingerprint density at radius 2 is 2.15 bits per heavy atom. The van der Waals surface area contributed by atoms with Crippen molar-refractivity contribution < 1.29 is 18.5 Å². The van der Waals surface area contributed by atoms with Crippen LogP contribution in [0.25, 0.3) is 0 Å². The molecule has 0 spiro atoms. The highest BCUT2D eigenvalue weighted by atomic mass is 19.3. The maximum atomic E-state index is 13.5. The molecule has 0 aromatic carbocycles. The Bertz CT molecular complexity index is 596. The zero-order valence-electron chi connectivity index (χ0n) is 14.5. The summed E-state index contributed by atoms with van der Waals surface area (Å²) in [7, 11) is 0. The quantitative estimate of drug-likeness (QED) is 0.307. The van der Waals surface area contributed by atoms with Crippen LogP contribution in [-0.2, 0) is 4.79 Å². The van der Waals surface area contributed by atoms with E-state index in [-0.39, 0.29) is 24.4 Å². The van der Waals surface area contributed by atoms with E-state index < -0.39 is 22.7 Å². The SMILES string of the molecule is NC(=O)CCCCCCC1(N[C@@H]2CCC(F)(F)C2)N=CC([N+](=O)[O-])=CN1. The Balaban J connectivity index is 1.91. The maximum Gasteiger partial charge on any atom is 0.302 e. The van der Waals surface area contributed by atoms with Gasteiger partial charge in [-0.05, 0) is 19.3 Å². The van der Waals surface area contributed by atoms with Gasteiger partial charge in [0, 0.05) is 31.7 Å². The number of allylic oxidation sites excluding steroid dienone is 1. The molecule has 1 amide bonds. The third-order valence-electron chi connectivity index (χ3n) is 4.65. The lowest BCUT2D eigenvalue weighted by Crippen LogP contribution is -2.58. The summed E-state index contributed by atoms with van der Waals surface area (Å²) in [5.74, 6) is -4.04. The van der Waals surface area contributed by atoms with Gasteiger partial charge in [0.05, 0.1) is 11.1 Å². The second kappa shape index (κ2) is 8.52. The fourth-order valence-corrected chi connectivity index (χ4v) is 3.28. The number of halogens is 2. The van der Waals surface area contributed by atoms with Gasteiger partial charge in [0.1, 0.15) is 6.21 Å². The maximum absolute atomic E-state index is 13.5. The number of alkyl halides is 2. The molecule has 2 rings (SSSR count). The molecule has 8 nitrogen and oxygen atoms in total. The summed E-state index contributed by atoms with van der Waals surface area (Å²) in [5.41, 5.74) is 4.92. The number of nitrogens with one attached hydrogen (secondary N) is 2. The first-order valence-corrected chi connectivity index (χ1v) is 8.83. The third kappa shape index (κ3) is 6.01. The van der Waals surface area contributed by atoms with Crippen molar-refractivity contribution in [1.82, 2.24) is 10.6 Å². The molecular formula is C16H25F2N5O3. The van der Waals surface area contributed by atoms with E-state index >= 15 is 0 Å². The van der Waals surface area contributed by atoms with Gasteiger partial charge in [0.2, 0.25) is 11.8 Å². The van der Waals surface area contributed by atoms with Crippen LogP contribution in [0.2, 0.25) is 0 Å². The van der Waals surface area contributed by atoms with Crippen molar-refractivity contribution >= 4 is 12.1 Å². The Labute approximate surface area is 150 Å². The molecule has 1 aliphatic heterocycles. The summed E-state index contributed by atoms with van der Waals surface area (Å²) in [6.07, 6.45) is 6.19. The van der Waals surface area contributed by atoms with Crippen LogP contribution >= 0.6 is 0 Å². The summed E-state index contributed by atoms with van der Waals surface area (Å²) in [6, 6.07) is -0.407. The minimum atomic E-state index is -2.69. The molecule has 10 heteroatoms. The van der Waals surface area contributed by atoms with E-state index in [1.54, 1.807) is 0 Å². The Kier molecular flexibility index (Phi) is 6.63. The first-order chi connectivity index (χ1) is 12.2. The molecule has 146 valence electrons. The Morgan fingerprint density at radius 1 is 1.42 bits per heavy atom. The van der Waals surface area contributed by atoms with Crippen LogP contribution in [0.1, 0.15) is 57.8 Å². The Morgan fingerprint density at radius 3 is 2.69 bits per heavy atom. The van der Waals surface area contributed by atoms with Crippen molar-refractivity contribution in [3.8, 4) is 0 Å². The lowest BCUT2D eigenvalue weighted by atomic mass is 10.0. The fraction of sp³-hybridized carbons (Fsp3) is 0.750. The van der Waals surface area contributed by atoms with Gasteiger partial charge in [0.15, 0.2) is 5.79 Å². The van der Waals surface area contributed by atoms with Gasteiger partial charge >= 0.3 is 5.70 Å². The number of unbranched alkanes of at least 4 members (excludes halogenated alkanes) is 3. The largest absolute Gasteiger partial charge is 0.370 e. The molecule has 26 heavy (non-hydrogen) atoms. The highest BCUT2D eigenvalue weighted by Gasteiger charge is 2.43. The van der Waals surface area contributed by atoms with Crippen LogP contribution < -0.4 is 16.4 Å². The molecule has 2 aliphatic rings. The number of nitrogens with zero attached hydrogens (tertiary/aromatic N) is 2. The lowest BCUT2D eigenvalue weighted by Gasteiger charge is -2.35. The number of rotatable bonds is 10. The number of carbonyl (C=O) groups is 1. The van der Waals surface area contributed by atoms with Crippen LogP contribution in [0.4, 0.5) is 8.78 Å². The van der Waals surface area contributed by atoms with E-state index in [0.717, 1.165) is 25.5 Å². The standard InChI is InChI=1S/C16H25F2N5O3/c17-15(18)8-6-12(9-15)22-16(7-4-2-1-3-5-14(19)24)20-10-13(11-21-16)23(25)26/h10-12,20,22H,1-9H2,(H2,19,24)/t12-,16?/m1/s1. The van der Waals surface area contributed by atoms with Gasteiger partial charge in [-0.1, -0.05) is 12.8 Å². The molecule has 1 aliphatic carbocycles. The highest BCUT2D eigenvalue weighted by molar-refractivity contribution is 5.76. The summed E-state index contributed by atoms with van der Waals surface area (Å²) in [4.78, 5) is 25.2. The first-order valence-electron chi connectivity index (χ1n) is 8.83. The van der Waals surface area contributed by atoms with Crippen molar-refractivity contribution in [2.75, 3.05) is 0 Å². The number of nitrogens with two attached hydrogens (primary N) is 1. The second-order valence-corrected chi connectivity index (χ2v) is 6.91. The van der Waals surface area contributed by atoms with Crippen LogP contribution in [-0.4, -0.2) is 34.8 Å². The number of carbonyl (C=O) groups excluding carboxylic acids is 1. The fourth-order valence-electron chi connectivity index (χ4n) is 3.28. The van der Waals surface area contributed by atoms with Crippen molar-refractivity contribution in [2.24, 2.45) is 10.7 Å². The van der Waals surface area contributed by atoms with Gasteiger partial charge in [-0.15, -0.1) is 0 Å². The summed E-state index contributed by atoms with van der Waals surface area (Å²) < 4.78 is 26.9. The molecule has 0 aromatic heterocycles. The lowest BCUT2D eigenvalue weighted by molar-refractivity contribution is -0.415. The summed E-state index contributed by atoms with van der Waals surface area (Å²) in [5, 5.41) is 16.9. The minimum absolute atomic E-state index is 0.173. The van der Waals surface area contributed by atoms with Crippen molar-refractivity contribution in [2.45, 2.75) is 75.5 Å². The second-order valence-electron chi connectivity index (χ2n) is 6.91. The average molecular weight is 373 g/mol. The van der Waals surface area contributed by atoms with Crippen molar-refractivity contribution in [1.29, 1.82) is 0 Å². The number of hydrogen-bond donors (Lipinski definition) is 3. The van der Waals surface area contributed by atoms with Crippen molar-refractivity contribution in [3.05, 3.63) is 22.0 Å². The van der Waals surface area contributed by atoms with Gasteiger partial charge in [-0.3, -0.25) is 20.2 Å². The summed E-state index contributed by atoms with van der Waals surface area (Å²) >= 11 is 0.